The fraction of sp³-hybridized carbons (Fsp3) is 0.333. The number of rotatable bonds is 7. The van der Waals surface area contributed by atoms with Crippen molar-refractivity contribution < 1.29 is 8.42 Å². The zero-order valence-corrected chi connectivity index (χ0v) is 14.7. The molecule has 4 nitrogen and oxygen atoms in total. The maximum absolute atomic E-state index is 12.1. The molecule has 110 valence electrons. The highest BCUT2D eigenvalue weighted by Gasteiger charge is 2.16. The number of halogens is 1. The van der Waals surface area contributed by atoms with Gasteiger partial charge in [0.15, 0.2) is 0 Å². The minimum atomic E-state index is -3.40. The minimum absolute atomic E-state index is 0.355. The quantitative estimate of drug-likeness (QED) is 0.757. The normalized spacial score (nSPS) is 11.9. The number of hydrogen-bond donors (Lipinski definition) is 2. The Kier molecular flexibility index (Phi) is 5.76. The highest BCUT2D eigenvalue weighted by Crippen LogP contribution is 2.23. The Morgan fingerprint density at radius 3 is 2.45 bits per heavy atom. The van der Waals surface area contributed by atoms with E-state index in [1.165, 1.54) is 11.3 Å². The van der Waals surface area contributed by atoms with E-state index in [2.05, 4.69) is 20.7 Å². The van der Waals surface area contributed by atoms with E-state index >= 15 is 0 Å². The van der Waals surface area contributed by atoms with Crippen LogP contribution in [0.1, 0.15) is 9.75 Å². The molecule has 2 aromatic heterocycles. The molecule has 0 spiro atoms. The lowest BCUT2D eigenvalue weighted by molar-refractivity contribution is 0.584. The minimum Gasteiger partial charge on any atom is -0.330 e. The summed E-state index contributed by atoms with van der Waals surface area (Å²) >= 11 is 6.28. The summed E-state index contributed by atoms with van der Waals surface area (Å²) in [4.78, 5) is 2.14. The third kappa shape index (κ3) is 4.37. The molecule has 0 aliphatic rings. The van der Waals surface area contributed by atoms with Crippen LogP contribution in [0.5, 0.6) is 0 Å². The molecule has 2 aromatic rings. The first-order valence-electron chi connectivity index (χ1n) is 6.04. The standard InChI is InChI=1S/C12H15BrN2O2S3/c13-11-3-1-10(18-11)6-8-15-20(16,17)12-4-2-9(19-12)5-7-14/h1-4,15H,5-8,14H2. The molecule has 20 heavy (non-hydrogen) atoms. The highest BCUT2D eigenvalue weighted by atomic mass is 79.9. The van der Waals surface area contributed by atoms with E-state index in [0.29, 0.717) is 30.1 Å². The fourth-order valence-corrected chi connectivity index (χ4v) is 5.58. The van der Waals surface area contributed by atoms with Crippen molar-refractivity contribution in [2.75, 3.05) is 13.1 Å². The van der Waals surface area contributed by atoms with Crippen molar-refractivity contribution in [3.8, 4) is 0 Å². The van der Waals surface area contributed by atoms with Crippen molar-refractivity contribution in [3.63, 3.8) is 0 Å². The van der Waals surface area contributed by atoms with E-state index in [9.17, 15) is 8.42 Å². The van der Waals surface area contributed by atoms with Crippen molar-refractivity contribution >= 4 is 48.6 Å². The van der Waals surface area contributed by atoms with E-state index in [-0.39, 0.29) is 0 Å². The summed E-state index contributed by atoms with van der Waals surface area (Å²) in [7, 11) is -3.40. The van der Waals surface area contributed by atoms with Gasteiger partial charge in [-0.25, -0.2) is 13.1 Å². The predicted molar refractivity (Wildman–Crippen MR) is 88.0 cm³/mol. The van der Waals surface area contributed by atoms with E-state index in [1.807, 2.05) is 18.2 Å². The fourth-order valence-electron chi connectivity index (χ4n) is 1.65. The van der Waals surface area contributed by atoms with Gasteiger partial charge in [-0.1, -0.05) is 0 Å². The average molecular weight is 395 g/mol. The molecule has 0 saturated heterocycles. The first kappa shape index (κ1) is 16.1. The number of sulfonamides is 1. The van der Waals surface area contributed by atoms with Crippen LogP contribution in [-0.2, 0) is 22.9 Å². The molecular weight excluding hydrogens is 380 g/mol. The van der Waals surface area contributed by atoms with Crippen LogP contribution in [0.2, 0.25) is 0 Å². The number of thiophene rings is 2. The van der Waals surface area contributed by atoms with Crippen LogP contribution in [0, 0.1) is 0 Å². The van der Waals surface area contributed by atoms with E-state index in [4.69, 9.17) is 5.73 Å². The lowest BCUT2D eigenvalue weighted by Crippen LogP contribution is -2.25. The van der Waals surface area contributed by atoms with Crippen molar-refractivity contribution in [2.45, 2.75) is 17.1 Å². The zero-order chi connectivity index (χ0) is 14.6. The first-order valence-corrected chi connectivity index (χ1v) is 9.95. The van der Waals surface area contributed by atoms with Crippen LogP contribution >= 0.6 is 38.6 Å². The van der Waals surface area contributed by atoms with Gasteiger partial charge >= 0.3 is 0 Å². The van der Waals surface area contributed by atoms with Gasteiger partial charge < -0.3 is 5.73 Å². The molecule has 0 unspecified atom stereocenters. The van der Waals surface area contributed by atoms with E-state index < -0.39 is 10.0 Å². The van der Waals surface area contributed by atoms with Gasteiger partial charge in [0, 0.05) is 16.3 Å². The average Bonchev–Trinajstić information content (AvgIpc) is 2.99. The van der Waals surface area contributed by atoms with Crippen molar-refractivity contribution in [1.29, 1.82) is 0 Å². The van der Waals surface area contributed by atoms with Crippen LogP contribution < -0.4 is 10.5 Å². The lowest BCUT2D eigenvalue weighted by Gasteiger charge is -2.03. The van der Waals surface area contributed by atoms with Gasteiger partial charge in [-0.3, -0.25) is 0 Å². The van der Waals surface area contributed by atoms with Gasteiger partial charge in [-0.2, -0.15) is 0 Å². The smallest absolute Gasteiger partial charge is 0.250 e. The SMILES string of the molecule is NCCc1ccc(S(=O)(=O)NCCc2ccc(Br)s2)s1. The Morgan fingerprint density at radius 2 is 1.80 bits per heavy atom. The summed E-state index contributed by atoms with van der Waals surface area (Å²) in [6.45, 7) is 0.931. The number of nitrogens with one attached hydrogen (secondary N) is 1. The van der Waals surface area contributed by atoms with Crippen LogP contribution in [0.15, 0.2) is 32.3 Å². The first-order chi connectivity index (χ1) is 9.51. The second kappa shape index (κ2) is 7.15. The molecule has 0 bridgehead atoms. The molecule has 0 saturated carbocycles. The molecule has 2 rings (SSSR count). The summed E-state index contributed by atoms with van der Waals surface area (Å²) < 4.78 is 28.3. The maximum atomic E-state index is 12.1. The van der Waals surface area contributed by atoms with Crippen LogP contribution in [0.4, 0.5) is 0 Å². The third-order valence-electron chi connectivity index (χ3n) is 2.58. The molecule has 0 aliphatic carbocycles. The van der Waals surface area contributed by atoms with Gasteiger partial charge in [0.1, 0.15) is 4.21 Å². The molecule has 0 amide bonds. The molecule has 2 heterocycles. The van der Waals surface area contributed by atoms with E-state index in [0.717, 1.165) is 13.5 Å². The second-order valence-electron chi connectivity index (χ2n) is 4.11. The molecule has 3 N–H and O–H groups in total. The predicted octanol–water partition coefficient (Wildman–Crippen LogP) is 2.59. The third-order valence-corrected chi connectivity index (χ3v) is 7.37. The Labute approximate surface area is 135 Å². The van der Waals surface area contributed by atoms with Gasteiger partial charge in [-0.15, -0.1) is 22.7 Å². The Bertz CT molecular complexity index is 664. The zero-order valence-electron chi connectivity index (χ0n) is 10.6. The summed E-state index contributed by atoms with van der Waals surface area (Å²) in [5.41, 5.74) is 5.46. The Morgan fingerprint density at radius 1 is 1.10 bits per heavy atom. The maximum Gasteiger partial charge on any atom is 0.250 e. The van der Waals surface area contributed by atoms with E-state index in [1.54, 1.807) is 17.4 Å². The van der Waals surface area contributed by atoms with Crippen LogP contribution in [-0.4, -0.2) is 21.5 Å². The van der Waals surface area contributed by atoms with Crippen molar-refractivity contribution in [3.05, 3.63) is 37.8 Å². The number of hydrogen-bond acceptors (Lipinski definition) is 5. The summed E-state index contributed by atoms with van der Waals surface area (Å²) in [5, 5.41) is 0. The number of nitrogens with two attached hydrogens (primary N) is 1. The highest BCUT2D eigenvalue weighted by molar-refractivity contribution is 9.11. The monoisotopic (exact) mass is 394 g/mol. The molecular formula is C12H15BrN2O2S3. The van der Waals surface area contributed by atoms with Gasteiger partial charge in [0.2, 0.25) is 10.0 Å². The Balaban J connectivity index is 1.92. The molecule has 0 aliphatic heterocycles. The molecule has 0 fully saturated rings. The van der Waals surface area contributed by atoms with Gasteiger partial charge in [0.25, 0.3) is 0 Å². The van der Waals surface area contributed by atoms with Crippen molar-refractivity contribution in [2.24, 2.45) is 5.73 Å². The van der Waals surface area contributed by atoms with Crippen molar-refractivity contribution in [1.82, 2.24) is 4.72 Å². The molecule has 8 heteroatoms. The summed E-state index contributed by atoms with van der Waals surface area (Å²) in [6, 6.07) is 7.42. The van der Waals surface area contributed by atoms with Crippen LogP contribution in [0.25, 0.3) is 0 Å². The summed E-state index contributed by atoms with van der Waals surface area (Å²) in [5.74, 6) is 0. The van der Waals surface area contributed by atoms with Gasteiger partial charge in [0.05, 0.1) is 3.79 Å². The topological polar surface area (TPSA) is 72.2 Å². The molecule has 0 atom stereocenters. The summed E-state index contributed by atoms with van der Waals surface area (Å²) in [6.07, 6.45) is 1.40. The second-order valence-corrected chi connectivity index (χ2v) is 9.82. The lowest BCUT2D eigenvalue weighted by atomic mass is 10.3. The largest absolute Gasteiger partial charge is 0.330 e. The van der Waals surface area contributed by atoms with Crippen LogP contribution in [0.3, 0.4) is 0 Å². The molecule has 0 radical (unpaired) electrons. The molecule has 0 aromatic carbocycles. The Hall–Kier alpha value is -0.250. The van der Waals surface area contributed by atoms with Gasteiger partial charge in [-0.05, 0) is 59.6 Å².